The maximum Gasteiger partial charge on any atom is 0.316 e. The molecule has 2 fully saturated rings. The molecule has 1 saturated heterocycles. The number of hydrogen-bond donors (Lipinski definition) is 1. The summed E-state index contributed by atoms with van der Waals surface area (Å²) in [6.45, 7) is 4.78. The molecule has 1 saturated carbocycles. The van der Waals surface area contributed by atoms with Crippen LogP contribution < -0.4 is 10.1 Å². The molecule has 0 spiro atoms. The summed E-state index contributed by atoms with van der Waals surface area (Å²) in [5.74, 6) is -0.0850. The Morgan fingerprint density at radius 1 is 1.06 bits per heavy atom. The number of carbonyl (C=O) groups is 2. The highest BCUT2D eigenvalue weighted by molar-refractivity contribution is 7.89. The number of sulfonamides is 1. The third-order valence-electron chi connectivity index (χ3n) is 6.35. The molecule has 1 heterocycles. The lowest BCUT2D eigenvalue weighted by atomic mass is 9.96. The molecule has 9 heteroatoms. The number of aryl methyl sites for hydroxylation is 1. The van der Waals surface area contributed by atoms with E-state index in [1.807, 2.05) is 12.1 Å². The standard InChI is InChI=1S/C25H30N2O6S/c1-3-32-24(29)25(12-13-25)19-6-8-20(9-7-19)26-23(28)17-33-22-11-10-21(16-18(22)2)34(30,31)27-14-4-5-15-27/h6-11,16H,3-5,12-15,17H2,1-2H3,(H,26,28). The van der Waals surface area contributed by atoms with Crippen molar-refractivity contribution in [3.63, 3.8) is 0 Å². The molecule has 2 aliphatic rings. The number of carbonyl (C=O) groups excluding carboxylic acids is 2. The molecule has 0 bridgehead atoms. The van der Waals surface area contributed by atoms with Gasteiger partial charge in [-0.1, -0.05) is 12.1 Å². The predicted molar refractivity (Wildman–Crippen MR) is 127 cm³/mol. The van der Waals surface area contributed by atoms with Crippen LogP contribution >= 0.6 is 0 Å². The van der Waals surface area contributed by atoms with E-state index >= 15 is 0 Å². The lowest BCUT2D eigenvalue weighted by Crippen LogP contribution is -2.27. The number of anilines is 1. The van der Waals surface area contributed by atoms with Crippen LogP contribution in [0.5, 0.6) is 5.75 Å². The predicted octanol–water partition coefficient (Wildman–Crippen LogP) is 3.39. The molecule has 0 atom stereocenters. The van der Waals surface area contributed by atoms with E-state index in [9.17, 15) is 18.0 Å². The summed E-state index contributed by atoms with van der Waals surface area (Å²) in [7, 11) is -3.50. The Labute approximate surface area is 200 Å². The number of nitrogens with zero attached hydrogens (tertiary/aromatic N) is 1. The van der Waals surface area contributed by atoms with Crippen molar-refractivity contribution in [3.05, 3.63) is 53.6 Å². The zero-order valence-corrected chi connectivity index (χ0v) is 20.3. The number of rotatable bonds is 9. The zero-order valence-electron chi connectivity index (χ0n) is 19.5. The third-order valence-corrected chi connectivity index (χ3v) is 8.24. The van der Waals surface area contributed by atoms with E-state index in [2.05, 4.69) is 5.32 Å². The molecular formula is C25H30N2O6S. The molecule has 8 nitrogen and oxygen atoms in total. The van der Waals surface area contributed by atoms with Gasteiger partial charge in [-0.05, 0) is 81.0 Å². The second kappa shape index (κ2) is 9.76. The molecule has 1 aliphatic carbocycles. The van der Waals surface area contributed by atoms with Gasteiger partial charge in [0.1, 0.15) is 5.75 Å². The first kappa shape index (κ1) is 24.2. The molecule has 182 valence electrons. The molecule has 0 radical (unpaired) electrons. The fourth-order valence-electron chi connectivity index (χ4n) is 4.24. The van der Waals surface area contributed by atoms with E-state index in [0.29, 0.717) is 36.7 Å². The molecule has 2 aromatic rings. The fraction of sp³-hybridized carbons (Fsp3) is 0.440. The first-order chi connectivity index (χ1) is 16.3. The van der Waals surface area contributed by atoms with Gasteiger partial charge in [-0.25, -0.2) is 8.42 Å². The molecule has 4 rings (SSSR count). The Hall–Kier alpha value is -2.91. The Bertz CT molecular complexity index is 1170. The number of benzene rings is 2. The van der Waals surface area contributed by atoms with Crippen molar-refractivity contribution in [1.29, 1.82) is 0 Å². The molecule has 0 aromatic heterocycles. The summed E-state index contributed by atoms with van der Waals surface area (Å²) in [6.07, 6.45) is 3.29. The maximum atomic E-state index is 12.7. The van der Waals surface area contributed by atoms with Gasteiger partial charge in [0.15, 0.2) is 6.61 Å². The van der Waals surface area contributed by atoms with Crippen molar-refractivity contribution in [2.75, 3.05) is 31.6 Å². The van der Waals surface area contributed by atoms with Crippen molar-refractivity contribution in [2.45, 2.75) is 49.8 Å². The van der Waals surface area contributed by atoms with Crippen LogP contribution in [0.25, 0.3) is 0 Å². The molecule has 1 amide bonds. The van der Waals surface area contributed by atoms with Crippen molar-refractivity contribution in [1.82, 2.24) is 4.31 Å². The smallest absolute Gasteiger partial charge is 0.316 e. The highest BCUT2D eigenvalue weighted by atomic mass is 32.2. The summed E-state index contributed by atoms with van der Waals surface area (Å²) < 4.78 is 37.8. The largest absolute Gasteiger partial charge is 0.483 e. The van der Waals surface area contributed by atoms with Crippen LogP contribution in [0.1, 0.15) is 43.7 Å². The summed E-state index contributed by atoms with van der Waals surface area (Å²) in [5, 5.41) is 2.78. The third kappa shape index (κ3) is 4.95. The van der Waals surface area contributed by atoms with Crippen LogP contribution in [0.2, 0.25) is 0 Å². The Balaban J connectivity index is 1.33. The number of ether oxygens (including phenoxy) is 2. The minimum absolute atomic E-state index is 0.199. The summed E-state index contributed by atoms with van der Waals surface area (Å²) in [4.78, 5) is 24.8. The van der Waals surface area contributed by atoms with Gasteiger partial charge in [0.2, 0.25) is 10.0 Å². The average molecular weight is 487 g/mol. The Morgan fingerprint density at radius 3 is 2.32 bits per heavy atom. The second-order valence-corrected chi connectivity index (χ2v) is 10.7. The molecule has 1 aliphatic heterocycles. The molecule has 34 heavy (non-hydrogen) atoms. The van der Waals surface area contributed by atoms with Crippen LogP contribution in [-0.2, 0) is 29.8 Å². The molecular weight excluding hydrogens is 456 g/mol. The van der Waals surface area contributed by atoms with Crippen molar-refractivity contribution < 1.29 is 27.5 Å². The van der Waals surface area contributed by atoms with E-state index in [-0.39, 0.29) is 23.4 Å². The van der Waals surface area contributed by atoms with Crippen molar-refractivity contribution >= 4 is 27.6 Å². The van der Waals surface area contributed by atoms with Gasteiger partial charge >= 0.3 is 5.97 Å². The summed E-state index contributed by atoms with van der Waals surface area (Å²) >= 11 is 0. The van der Waals surface area contributed by atoms with Crippen molar-refractivity contribution in [3.8, 4) is 5.75 Å². The first-order valence-corrected chi connectivity index (χ1v) is 13.0. The average Bonchev–Trinajstić information content (AvgIpc) is 3.43. The fourth-order valence-corrected chi connectivity index (χ4v) is 5.84. The SMILES string of the molecule is CCOC(=O)C1(c2ccc(NC(=O)COc3ccc(S(=O)(=O)N4CCCC4)cc3C)cc2)CC1. The lowest BCUT2D eigenvalue weighted by molar-refractivity contribution is -0.146. The van der Waals surface area contributed by atoms with E-state index in [0.717, 1.165) is 31.2 Å². The monoisotopic (exact) mass is 486 g/mol. The number of esters is 1. The highest BCUT2D eigenvalue weighted by Crippen LogP contribution is 2.49. The zero-order chi connectivity index (χ0) is 24.3. The van der Waals surface area contributed by atoms with Crippen LogP contribution in [0.3, 0.4) is 0 Å². The minimum atomic E-state index is -3.50. The van der Waals surface area contributed by atoms with Gasteiger partial charge in [0.25, 0.3) is 5.91 Å². The van der Waals surface area contributed by atoms with Crippen LogP contribution in [0.4, 0.5) is 5.69 Å². The molecule has 1 N–H and O–H groups in total. The maximum absolute atomic E-state index is 12.7. The molecule has 2 aromatic carbocycles. The van der Waals surface area contributed by atoms with Crippen molar-refractivity contribution in [2.24, 2.45) is 0 Å². The minimum Gasteiger partial charge on any atom is -0.483 e. The van der Waals surface area contributed by atoms with Crippen LogP contribution in [-0.4, -0.2) is 50.9 Å². The van der Waals surface area contributed by atoms with E-state index < -0.39 is 15.4 Å². The Kier molecular flexibility index (Phi) is 6.95. The van der Waals surface area contributed by atoms with Gasteiger partial charge in [-0.2, -0.15) is 4.31 Å². The summed E-state index contributed by atoms with van der Waals surface area (Å²) in [5.41, 5.74) is 1.58. The number of nitrogens with one attached hydrogen (secondary N) is 1. The van der Waals surface area contributed by atoms with Gasteiger partial charge in [0.05, 0.1) is 16.9 Å². The second-order valence-electron chi connectivity index (χ2n) is 8.76. The van der Waals surface area contributed by atoms with Crippen LogP contribution in [0.15, 0.2) is 47.4 Å². The topological polar surface area (TPSA) is 102 Å². The quantitative estimate of drug-likeness (QED) is 0.545. The molecule has 0 unspecified atom stereocenters. The van der Waals surface area contributed by atoms with Gasteiger partial charge < -0.3 is 14.8 Å². The van der Waals surface area contributed by atoms with E-state index in [1.165, 1.54) is 10.4 Å². The van der Waals surface area contributed by atoms with E-state index in [1.54, 1.807) is 38.1 Å². The van der Waals surface area contributed by atoms with Gasteiger partial charge in [-0.15, -0.1) is 0 Å². The van der Waals surface area contributed by atoms with Gasteiger partial charge in [-0.3, -0.25) is 9.59 Å². The normalized spacial score (nSPS) is 17.2. The highest BCUT2D eigenvalue weighted by Gasteiger charge is 2.52. The van der Waals surface area contributed by atoms with Crippen LogP contribution in [0, 0.1) is 6.92 Å². The summed E-state index contributed by atoms with van der Waals surface area (Å²) in [6, 6.07) is 11.9. The lowest BCUT2D eigenvalue weighted by Gasteiger charge is -2.17. The van der Waals surface area contributed by atoms with E-state index in [4.69, 9.17) is 9.47 Å². The first-order valence-electron chi connectivity index (χ1n) is 11.6. The number of hydrogen-bond acceptors (Lipinski definition) is 6. The van der Waals surface area contributed by atoms with Gasteiger partial charge in [0, 0.05) is 18.8 Å². The number of amides is 1. The Morgan fingerprint density at radius 2 is 1.74 bits per heavy atom.